The number of fused-ring (bicyclic) bond motifs is 2. The summed E-state index contributed by atoms with van der Waals surface area (Å²) in [5.74, 6) is 0. The maximum Gasteiger partial charge on any atom is 0.0431 e. The van der Waals surface area contributed by atoms with Crippen LogP contribution >= 0.6 is 0 Å². The van der Waals surface area contributed by atoms with Gasteiger partial charge in [-0.05, 0) is 52.1 Å². The number of hydrogen-bond acceptors (Lipinski definition) is 3. The molecule has 0 radical (unpaired) electrons. The van der Waals surface area contributed by atoms with Crippen LogP contribution in [0, 0.1) is 0 Å². The molecule has 2 bridgehead atoms. The molecule has 2 aliphatic rings. The number of rotatable bonds is 7. The van der Waals surface area contributed by atoms with Gasteiger partial charge >= 0.3 is 0 Å². The molecular weight excluding hydrogens is 212 g/mol. The molecule has 3 heteroatoms. The van der Waals surface area contributed by atoms with E-state index in [-0.39, 0.29) is 0 Å². The lowest BCUT2D eigenvalue weighted by Crippen LogP contribution is -2.47. The predicted octanol–water partition coefficient (Wildman–Crippen LogP) is 1.75. The van der Waals surface area contributed by atoms with E-state index in [0.717, 1.165) is 24.5 Å². The number of aliphatic hydroxyl groups excluding tert-OH is 1. The highest BCUT2D eigenvalue weighted by atomic mass is 16.2. The molecule has 2 saturated heterocycles. The summed E-state index contributed by atoms with van der Waals surface area (Å²) in [5.41, 5.74) is 0. The van der Waals surface area contributed by atoms with Crippen molar-refractivity contribution in [2.45, 2.75) is 69.5 Å². The van der Waals surface area contributed by atoms with Crippen LogP contribution in [0.2, 0.25) is 0 Å². The molecule has 0 amide bonds. The Morgan fingerprint density at radius 1 is 1.06 bits per heavy atom. The second-order valence-corrected chi connectivity index (χ2v) is 5.81. The first-order valence-electron chi connectivity index (χ1n) is 7.37. The normalized spacial score (nSPS) is 33.2. The molecule has 2 fully saturated rings. The van der Waals surface area contributed by atoms with Crippen LogP contribution in [-0.4, -0.2) is 48.3 Å². The summed E-state index contributed by atoms with van der Waals surface area (Å²) < 4.78 is 0. The third-order valence-corrected chi connectivity index (χ3v) is 4.62. The Hall–Kier alpha value is -0.120. The maximum atomic E-state index is 8.70. The molecule has 100 valence electrons. The molecule has 2 aliphatic heterocycles. The van der Waals surface area contributed by atoms with Gasteiger partial charge in [0.05, 0.1) is 0 Å². The molecule has 0 spiro atoms. The third-order valence-electron chi connectivity index (χ3n) is 4.62. The van der Waals surface area contributed by atoms with Gasteiger partial charge in [-0.15, -0.1) is 0 Å². The molecule has 17 heavy (non-hydrogen) atoms. The highest BCUT2D eigenvalue weighted by Gasteiger charge is 2.37. The zero-order valence-electron chi connectivity index (χ0n) is 11.2. The van der Waals surface area contributed by atoms with Crippen LogP contribution in [-0.2, 0) is 0 Å². The summed E-state index contributed by atoms with van der Waals surface area (Å²) in [4.78, 5) is 2.60. The molecule has 2 heterocycles. The Balaban J connectivity index is 1.55. The molecule has 0 aromatic heterocycles. The van der Waals surface area contributed by atoms with Crippen LogP contribution in [0.5, 0.6) is 0 Å². The quantitative estimate of drug-likeness (QED) is 0.666. The van der Waals surface area contributed by atoms with Crippen molar-refractivity contribution in [2.24, 2.45) is 0 Å². The summed E-state index contributed by atoms with van der Waals surface area (Å²) >= 11 is 0. The van der Waals surface area contributed by atoms with Crippen molar-refractivity contribution < 1.29 is 5.11 Å². The van der Waals surface area contributed by atoms with Gasteiger partial charge in [-0.25, -0.2) is 0 Å². The van der Waals surface area contributed by atoms with Crippen LogP contribution < -0.4 is 5.32 Å². The zero-order chi connectivity index (χ0) is 12.1. The van der Waals surface area contributed by atoms with Crippen LogP contribution in [0.25, 0.3) is 0 Å². The number of unbranched alkanes of at least 4 members (excludes halogenated alkanes) is 3. The highest BCUT2D eigenvalue weighted by molar-refractivity contribution is 4.95. The Kier molecular flexibility index (Phi) is 5.26. The van der Waals surface area contributed by atoms with E-state index in [9.17, 15) is 0 Å². The lowest BCUT2D eigenvalue weighted by Gasteiger charge is -2.36. The van der Waals surface area contributed by atoms with E-state index in [2.05, 4.69) is 17.3 Å². The minimum Gasteiger partial charge on any atom is -0.396 e. The number of nitrogens with one attached hydrogen (secondary N) is 1. The van der Waals surface area contributed by atoms with Gasteiger partial charge in [-0.1, -0.05) is 12.8 Å². The maximum absolute atomic E-state index is 8.70. The molecule has 2 unspecified atom stereocenters. The average molecular weight is 240 g/mol. The van der Waals surface area contributed by atoms with E-state index in [1.165, 1.54) is 51.5 Å². The fraction of sp³-hybridized carbons (Fsp3) is 1.00. The first-order valence-corrected chi connectivity index (χ1v) is 7.37. The number of aliphatic hydroxyl groups is 1. The number of nitrogens with zero attached hydrogens (tertiary/aromatic N) is 1. The van der Waals surface area contributed by atoms with Gasteiger partial charge in [0.2, 0.25) is 0 Å². The van der Waals surface area contributed by atoms with Crippen LogP contribution in [0.1, 0.15) is 51.4 Å². The second-order valence-electron chi connectivity index (χ2n) is 5.81. The first-order chi connectivity index (χ1) is 8.31. The van der Waals surface area contributed by atoms with Crippen LogP contribution in [0.4, 0.5) is 0 Å². The van der Waals surface area contributed by atoms with Crippen LogP contribution in [0.15, 0.2) is 0 Å². The van der Waals surface area contributed by atoms with E-state index in [4.69, 9.17) is 5.11 Å². The molecule has 0 aliphatic carbocycles. The van der Waals surface area contributed by atoms with Gasteiger partial charge in [0.25, 0.3) is 0 Å². The van der Waals surface area contributed by atoms with Crippen molar-refractivity contribution in [1.82, 2.24) is 10.2 Å². The summed E-state index contributed by atoms with van der Waals surface area (Å²) in [5, 5.41) is 12.4. The van der Waals surface area contributed by atoms with Gasteiger partial charge in [0.15, 0.2) is 0 Å². The largest absolute Gasteiger partial charge is 0.396 e. The van der Waals surface area contributed by atoms with E-state index < -0.39 is 0 Å². The highest BCUT2D eigenvalue weighted by Crippen LogP contribution is 2.34. The lowest BCUT2D eigenvalue weighted by molar-refractivity contribution is 0.148. The van der Waals surface area contributed by atoms with Crippen molar-refractivity contribution in [1.29, 1.82) is 0 Å². The summed E-state index contributed by atoms with van der Waals surface area (Å²) in [7, 11) is 2.30. The topological polar surface area (TPSA) is 35.5 Å². The zero-order valence-corrected chi connectivity index (χ0v) is 11.2. The van der Waals surface area contributed by atoms with Gasteiger partial charge < -0.3 is 15.3 Å². The fourth-order valence-corrected chi connectivity index (χ4v) is 3.47. The van der Waals surface area contributed by atoms with E-state index in [1.807, 2.05) is 0 Å². The minimum atomic E-state index is 0.353. The Bertz CT molecular complexity index is 208. The van der Waals surface area contributed by atoms with E-state index in [1.54, 1.807) is 0 Å². The molecule has 3 nitrogen and oxygen atoms in total. The molecule has 2 atom stereocenters. The van der Waals surface area contributed by atoms with Crippen molar-refractivity contribution >= 4 is 0 Å². The summed E-state index contributed by atoms with van der Waals surface area (Å²) in [6.45, 7) is 1.52. The van der Waals surface area contributed by atoms with Gasteiger partial charge in [-0.2, -0.15) is 0 Å². The van der Waals surface area contributed by atoms with E-state index in [0.29, 0.717) is 6.61 Å². The predicted molar refractivity (Wildman–Crippen MR) is 71.2 cm³/mol. The lowest BCUT2D eigenvalue weighted by atomic mass is 9.98. The number of hydrogen-bond donors (Lipinski definition) is 2. The molecule has 2 N–H and O–H groups in total. The molecule has 0 aromatic carbocycles. The monoisotopic (exact) mass is 240 g/mol. The molecule has 2 rings (SSSR count). The second kappa shape index (κ2) is 6.72. The molecular formula is C14H28N2O. The van der Waals surface area contributed by atoms with Crippen LogP contribution in [0.3, 0.4) is 0 Å². The van der Waals surface area contributed by atoms with Crippen molar-refractivity contribution in [3.63, 3.8) is 0 Å². The van der Waals surface area contributed by atoms with Gasteiger partial charge in [0.1, 0.15) is 0 Å². The standard InChI is InChI=1S/C14H28N2O/c1-16-13-6-7-14(16)11-12(10-13)15-8-4-2-3-5-9-17/h12-15,17H,2-11H2,1H3. The molecule has 0 saturated carbocycles. The first kappa shape index (κ1) is 13.3. The molecule has 0 aromatic rings. The Labute approximate surface area is 106 Å². The van der Waals surface area contributed by atoms with Crippen molar-refractivity contribution in [2.75, 3.05) is 20.2 Å². The smallest absolute Gasteiger partial charge is 0.0431 e. The van der Waals surface area contributed by atoms with E-state index >= 15 is 0 Å². The number of piperidine rings is 1. The Morgan fingerprint density at radius 2 is 1.71 bits per heavy atom. The summed E-state index contributed by atoms with van der Waals surface area (Å²) in [6.07, 6.45) is 10.2. The van der Waals surface area contributed by atoms with Crippen molar-refractivity contribution in [3.8, 4) is 0 Å². The van der Waals surface area contributed by atoms with Gasteiger partial charge in [-0.3, -0.25) is 0 Å². The summed E-state index contributed by atoms with van der Waals surface area (Å²) in [6, 6.07) is 2.46. The third kappa shape index (κ3) is 3.67. The van der Waals surface area contributed by atoms with Gasteiger partial charge in [0, 0.05) is 24.7 Å². The Morgan fingerprint density at radius 3 is 2.35 bits per heavy atom. The SMILES string of the molecule is CN1C2CCC1CC(NCCCCCCO)C2. The average Bonchev–Trinajstić information content (AvgIpc) is 2.55. The minimum absolute atomic E-state index is 0.353. The fourth-order valence-electron chi connectivity index (χ4n) is 3.47. The van der Waals surface area contributed by atoms with Crippen molar-refractivity contribution in [3.05, 3.63) is 0 Å².